The maximum Gasteiger partial charge on any atom is 0.240 e. The maximum atomic E-state index is 12.4. The number of terminal acetylenes is 1. The Labute approximate surface area is 149 Å². The van der Waals surface area contributed by atoms with E-state index in [1.54, 1.807) is 19.2 Å². The lowest BCUT2D eigenvalue weighted by Crippen LogP contribution is -2.52. The zero-order chi connectivity index (χ0) is 18.8. The van der Waals surface area contributed by atoms with Crippen LogP contribution in [0.15, 0.2) is 24.3 Å². The summed E-state index contributed by atoms with van der Waals surface area (Å²) < 4.78 is 5.30. The van der Waals surface area contributed by atoms with Crippen LogP contribution in [0.5, 0.6) is 5.75 Å². The van der Waals surface area contributed by atoms with Crippen LogP contribution in [-0.2, 0) is 16.0 Å². The number of amides is 2. The Hall–Kier alpha value is -2.52. The summed E-state index contributed by atoms with van der Waals surface area (Å²) in [4.78, 5) is 24.1. The van der Waals surface area contributed by atoms with Gasteiger partial charge in [-0.25, -0.2) is 0 Å². The van der Waals surface area contributed by atoms with Crippen LogP contribution in [0, 0.1) is 18.3 Å². The molecule has 2 amide bonds. The highest BCUT2D eigenvalue weighted by Gasteiger charge is 2.24. The zero-order valence-corrected chi connectivity index (χ0v) is 15.0. The third-order valence-corrected chi connectivity index (χ3v) is 3.72. The monoisotopic (exact) mass is 345 g/mol. The Morgan fingerprint density at radius 1 is 1.24 bits per heavy atom. The molecular formula is C19H27N3O3. The summed E-state index contributed by atoms with van der Waals surface area (Å²) in [5.74, 6) is 2.59. The van der Waals surface area contributed by atoms with Crippen molar-refractivity contribution in [3.8, 4) is 18.1 Å². The number of primary amides is 1. The number of nitrogens with two attached hydrogens (primary N) is 1. The summed E-state index contributed by atoms with van der Waals surface area (Å²) in [6.07, 6.45) is 6.14. The molecule has 1 aromatic carbocycles. The van der Waals surface area contributed by atoms with Gasteiger partial charge < -0.3 is 21.1 Å². The number of hydrogen-bond donors (Lipinski definition) is 3. The van der Waals surface area contributed by atoms with Crippen LogP contribution in [0.2, 0.25) is 0 Å². The van der Waals surface area contributed by atoms with Gasteiger partial charge in [-0.3, -0.25) is 9.59 Å². The lowest BCUT2D eigenvalue weighted by Gasteiger charge is -2.22. The third kappa shape index (κ3) is 7.27. The second-order valence-electron chi connectivity index (χ2n) is 6.28. The van der Waals surface area contributed by atoms with Gasteiger partial charge >= 0.3 is 0 Å². The van der Waals surface area contributed by atoms with Crippen LogP contribution in [0.4, 0.5) is 0 Å². The number of likely N-dealkylation sites (N-methyl/N-ethyl adjacent to an activating group) is 1. The van der Waals surface area contributed by atoms with E-state index in [1.807, 2.05) is 26.0 Å². The molecule has 1 aromatic rings. The van der Waals surface area contributed by atoms with Gasteiger partial charge in [-0.15, -0.1) is 6.42 Å². The first kappa shape index (κ1) is 20.5. The Bertz CT molecular complexity index is 605. The Balaban J connectivity index is 2.72. The first-order chi connectivity index (χ1) is 11.9. The first-order valence-corrected chi connectivity index (χ1v) is 8.29. The maximum absolute atomic E-state index is 12.4. The molecule has 0 saturated heterocycles. The molecule has 4 N–H and O–H groups in total. The molecule has 6 nitrogen and oxygen atoms in total. The molecule has 0 aliphatic carbocycles. The van der Waals surface area contributed by atoms with Gasteiger partial charge in [0, 0.05) is 6.42 Å². The number of ether oxygens (including phenoxy) is 1. The van der Waals surface area contributed by atoms with Crippen molar-refractivity contribution in [3.63, 3.8) is 0 Å². The minimum Gasteiger partial charge on any atom is -0.481 e. The lowest BCUT2D eigenvalue weighted by atomic mass is 10.0. The van der Waals surface area contributed by atoms with E-state index in [0.717, 1.165) is 5.56 Å². The summed E-state index contributed by atoms with van der Waals surface area (Å²) in [7, 11) is 1.72. The van der Waals surface area contributed by atoms with Crippen molar-refractivity contribution in [1.29, 1.82) is 0 Å². The molecule has 0 fully saturated rings. The van der Waals surface area contributed by atoms with Crippen molar-refractivity contribution >= 4 is 11.8 Å². The summed E-state index contributed by atoms with van der Waals surface area (Å²) in [5, 5.41) is 5.71. The van der Waals surface area contributed by atoms with Gasteiger partial charge in [0.2, 0.25) is 11.8 Å². The Morgan fingerprint density at radius 2 is 1.88 bits per heavy atom. The molecule has 25 heavy (non-hydrogen) atoms. The second kappa shape index (κ2) is 10.4. The van der Waals surface area contributed by atoms with Crippen LogP contribution in [0.3, 0.4) is 0 Å². The smallest absolute Gasteiger partial charge is 0.240 e. The highest BCUT2D eigenvalue weighted by Crippen LogP contribution is 2.13. The molecule has 1 rings (SSSR count). The minimum absolute atomic E-state index is 0.195. The quantitative estimate of drug-likeness (QED) is 0.548. The number of benzene rings is 1. The average molecular weight is 345 g/mol. The van der Waals surface area contributed by atoms with Gasteiger partial charge in [0.1, 0.15) is 18.4 Å². The van der Waals surface area contributed by atoms with E-state index in [9.17, 15) is 9.59 Å². The standard InChI is InChI=1S/C19H27N3O3/c1-5-10-25-15-8-6-14(7-9-15)12-16(18(20)23)22-19(24)17(21-4)11-13(2)3/h1,6-9,13,16-17,21H,10-12H2,2-4H3,(H2,20,23)(H,22,24)/t16-,17-/m0/s1. The number of carbonyl (C=O) groups excluding carboxylic acids is 2. The number of hydrogen-bond acceptors (Lipinski definition) is 4. The summed E-state index contributed by atoms with van der Waals surface area (Å²) >= 11 is 0. The number of nitrogens with one attached hydrogen (secondary N) is 2. The molecular weight excluding hydrogens is 318 g/mol. The van der Waals surface area contributed by atoms with Gasteiger partial charge in [0.05, 0.1) is 6.04 Å². The first-order valence-electron chi connectivity index (χ1n) is 8.29. The summed E-state index contributed by atoms with van der Waals surface area (Å²) in [6, 6.07) is 6.04. The second-order valence-corrected chi connectivity index (χ2v) is 6.28. The van der Waals surface area contributed by atoms with E-state index in [1.165, 1.54) is 0 Å². The van der Waals surface area contributed by atoms with Gasteiger partial charge in [0.25, 0.3) is 0 Å². The molecule has 6 heteroatoms. The number of rotatable bonds is 10. The van der Waals surface area contributed by atoms with E-state index in [-0.39, 0.29) is 18.6 Å². The van der Waals surface area contributed by atoms with Gasteiger partial charge in [-0.05, 0) is 37.1 Å². The largest absolute Gasteiger partial charge is 0.481 e. The van der Waals surface area contributed by atoms with Crippen molar-refractivity contribution < 1.29 is 14.3 Å². The van der Waals surface area contributed by atoms with E-state index < -0.39 is 11.9 Å². The van der Waals surface area contributed by atoms with Gasteiger partial charge in [-0.1, -0.05) is 31.9 Å². The highest BCUT2D eigenvalue weighted by atomic mass is 16.5. The predicted octanol–water partition coefficient (Wildman–Crippen LogP) is 0.845. The topological polar surface area (TPSA) is 93.4 Å². The van der Waals surface area contributed by atoms with Gasteiger partial charge in [-0.2, -0.15) is 0 Å². The van der Waals surface area contributed by atoms with Crippen molar-refractivity contribution in [3.05, 3.63) is 29.8 Å². The van der Waals surface area contributed by atoms with Crippen LogP contribution in [-0.4, -0.2) is 37.6 Å². The van der Waals surface area contributed by atoms with Crippen LogP contribution in [0.25, 0.3) is 0 Å². The molecule has 0 aliphatic rings. The molecule has 2 atom stereocenters. The summed E-state index contributed by atoms with van der Waals surface area (Å²) in [6.45, 7) is 4.26. The van der Waals surface area contributed by atoms with E-state index in [2.05, 4.69) is 16.6 Å². The third-order valence-electron chi connectivity index (χ3n) is 3.72. The molecule has 136 valence electrons. The molecule has 0 radical (unpaired) electrons. The molecule has 0 bridgehead atoms. The fourth-order valence-electron chi connectivity index (χ4n) is 2.40. The molecule has 0 unspecified atom stereocenters. The molecule has 0 saturated carbocycles. The zero-order valence-electron chi connectivity index (χ0n) is 15.0. The van der Waals surface area contributed by atoms with Crippen LogP contribution in [0.1, 0.15) is 25.8 Å². The Kier molecular flexibility index (Phi) is 8.51. The van der Waals surface area contributed by atoms with Crippen LogP contribution < -0.4 is 21.1 Å². The van der Waals surface area contributed by atoms with Crippen molar-refractivity contribution in [2.45, 2.75) is 38.8 Å². The summed E-state index contributed by atoms with van der Waals surface area (Å²) in [5.41, 5.74) is 6.31. The predicted molar refractivity (Wildman–Crippen MR) is 97.9 cm³/mol. The van der Waals surface area contributed by atoms with Crippen molar-refractivity contribution in [1.82, 2.24) is 10.6 Å². The van der Waals surface area contributed by atoms with E-state index in [0.29, 0.717) is 24.5 Å². The van der Waals surface area contributed by atoms with Gasteiger partial charge in [0.15, 0.2) is 0 Å². The molecule has 0 heterocycles. The normalized spacial score (nSPS) is 12.9. The highest BCUT2D eigenvalue weighted by molar-refractivity contribution is 5.89. The van der Waals surface area contributed by atoms with E-state index >= 15 is 0 Å². The molecule has 0 aliphatic heterocycles. The fraction of sp³-hybridized carbons (Fsp3) is 0.474. The van der Waals surface area contributed by atoms with Crippen molar-refractivity contribution in [2.75, 3.05) is 13.7 Å². The molecule has 0 aromatic heterocycles. The minimum atomic E-state index is -0.770. The van der Waals surface area contributed by atoms with Crippen molar-refractivity contribution in [2.24, 2.45) is 11.7 Å². The lowest BCUT2D eigenvalue weighted by molar-refractivity contribution is -0.128. The SMILES string of the molecule is C#CCOc1ccc(C[C@H](NC(=O)[C@H](CC(C)C)NC)C(N)=O)cc1. The number of carbonyl (C=O) groups is 2. The average Bonchev–Trinajstić information content (AvgIpc) is 2.57. The fourth-order valence-corrected chi connectivity index (χ4v) is 2.40. The molecule has 0 spiro atoms. The van der Waals surface area contributed by atoms with Crippen LogP contribution >= 0.6 is 0 Å². The Morgan fingerprint density at radius 3 is 2.36 bits per heavy atom. The van der Waals surface area contributed by atoms with E-state index in [4.69, 9.17) is 16.9 Å².